The van der Waals surface area contributed by atoms with Gasteiger partial charge in [0.05, 0.1) is 18.7 Å². The Kier molecular flexibility index (Phi) is 11.3. The van der Waals surface area contributed by atoms with Crippen LogP contribution in [0.2, 0.25) is 0 Å². The number of amides is 2. The third kappa shape index (κ3) is 8.10. The molecule has 0 saturated carbocycles. The highest BCUT2D eigenvalue weighted by molar-refractivity contribution is 5.91. The lowest BCUT2D eigenvalue weighted by atomic mass is 9.84. The molecule has 0 aromatic carbocycles. The molecule has 2 amide bonds. The number of carbonyl (C=O) groups excluding carboxylic acids is 3. The zero-order valence-electron chi connectivity index (χ0n) is 23.4. The molecular formula is C27H49N3O4. The molecule has 0 aliphatic carbocycles. The maximum Gasteiger partial charge on any atom is 0.333 e. The van der Waals surface area contributed by atoms with Crippen LogP contribution in [0.25, 0.3) is 0 Å². The Morgan fingerprint density at radius 3 is 2.21 bits per heavy atom. The number of nitrogens with zero attached hydrogens (tertiary/aromatic N) is 2. The van der Waals surface area contributed by atoms with Gasteiger partial charge in [-0.1, -0.05) is 47.6 Å². The van der Waals surface area contributed by atoms with E-state index in [9.17, 15) is 14.4 Å². The van der Waals surface area contributed by atoms with Gasteiger partial charge in [0.25, 0.3) is 0 Å². The topological polar surface area (TPSA) is 79.0 Å². The molecule has 0 aromatic heterocycles. The second-order valence-corrected chi connectivity index (χ2v) is 11.6. The summed E-state index contributed by atoms with van der Waals surface area (Å²) in [6, 6.07) is -0.963. The van der Waals surface area contributed by atoms with Gasteiger partial charge >= 0.3 is 5.97 Å². The SMILES string of the molecule is CCOC(=O)C(C)=C[C@H](C(C)C)N(C)C(=O)[C@@H](NC(=O)[C@H]1CC[C@@H](C)CN1C(C)C)C(C)(C)C. The van der Waals surface area contributed by atoms with Gasteiger partial charge in [-0.15, -0.1) is 0 Å². The number of ether oxygens (including phenoxy) is 1. The van der Waals surface area contributed by atoms with Gasteiger partial charge in [-0.05, 0) is 57.8 Å². The highest BCUT2D eigenvalue weighted by atomic mass is 16.5. The largest absolute Gasteiger partial charge is 0.463 e. The smallest absolute Gasteiger partial charge is 0.333 e. The Morgan fingerprint density at radius 2 is 1.74 bits per heavy atom. The zero-order chi connectivity index (χ0) is 26.4. The van der Waals surface area contributed by atoms with E-state index in [0.29, 0.717) is 18.1 Å². The van der Waals surface area contributed by atoms with E-state index < -0.39 is 11.5 Å². The number of nitrogens with one attached hydrogen (secondary N) is 1. The average molecular weight is 480 g/mol. The van der Waals surface area contributed by atoms with Crippen molar-refractivity contribution in [3.8, 4) is 0 Å². The molecule has 1 rings (SSSR count). The van der Waals surface area contributed by atoms with E-state index in [0.717, 1.165) is 19.4 Å². The van der Waals surface area contributed by atoms with E-state index in [4.69, 9.17) is 4.74 Å². The summed E-state index contributed by atoms with van der Waals surface area (Å²) in [5.74, 6) is 0.00842. The van der Waals surface area contributed by atoms with Crippen molar-refractivity contribution in [2.24, 2.45) is 17.3 Å². The fourth-order valence-electron chi connectivity index (χ4n) is 4.60. The number of likely N-dealkylation sites (N-methyl/N-ethyl adjacent to an activating group) is 1. The van der Waals surface area contributed by atoms with Crippen LogP contribution in [0, 0.1) is 17.3 Å². The minimum atomic E-state index is -0.684. The molecule has 7 nitrogen and oxygen atoms in total. The summed E-state index contributed by atoms with van der Waals surface area (Å²) < 4.78 is 5.11. The highest BCUT2D eigenvalue weighted by Crippen LogP contribution is 2.27. The molecule has 1 saturated heterocycles. The van der Waals surface area contributed by atoms with Crippen molar-refractivity contribution >= 4 is 17.8 Å². The first-order valence-corrected chi connectivity index (χ1v) is 12.8. The van der Waals surface area contributed by atoms with Gasteiger partial charge in [-0.25, -0.2) is 4.79 Å². The molecule has 0 aromatic rings. The summed E-state index contributed by atoms with van der Waals surface area (Å²) in [6.07, 6.45) is 3.59. The first kappa shape index (κ1) is 30.1. The van der Waals surface area contributed by atoms with Crippen molar-refractivity contribution in [1.29, 1.82) is 0 Å². The minimum absolute atomic E-state index is 0.0749. The summed E-state index contributed by atoms with van der Waals surface area (Å²) in [6.45, 7) is 21.0. The van der Waals surface area contributed by atoms with Gasteiger partial charge in [0.1, 0.15) is 6.04 Å². The molecule has 1 N–H and O–H groups in total. The molecular weight excluding hydrogens is 430 g/mol. The summed E-state index contributed by atoms with van der Waals surface area (Å²) in [4.78, 5) is 43.3. The van der Waals surface area contributed by atoms with Crippen molar-refractivity contribution in [3.63, 3.8) is 0 Å². The Balaban J connectivity index is 3.17. The van der Waals surface area contributed by atoms with Crippen molar-refractivity contribution in [3.05, 3.63) is 11.6 Å². The number of esters is 1. The zero-order valence-corrected chi connectivity index (χ0v) is 23.4. The first-order chi connectivity index (χ1) is 15.6. The molecule has 7 heteroatoms. The normalized spacial score (nSPS) is 21.9. The second kappa shape index (κ2) is 12.7. The molecule has 1 fully saturated rings. The van der Waals surface area contributed by atoms with E-state index in [2.05, 4.69) is 31.0 Å². The maximum atomic E-state index is 13.8. The number of hydrogen-bond acceptors (Lipinski definition) is 5. The Hall–Kier alpha value is -1.89. The summed E-state index contributed by atoms with van der Waals surface area (Å²) in [5.41, 5.74) is -0.00648. The van der Waals surface area contributed by atoms with E-state index in [1.165, 1.54) is 0 Å². The van der Waals surface area contributed by atoms with Gasteiger partial charge in [0, 0.05) is 25.2 Å². The number of likely N-dealkylation sites (tertiary alicyclic amines) is 1. The number of rotatable bonds is 9. The standard InChI is InChI=1S/C27H49N3O4/c1-12-34-26(33)20(7)15-22(17(2)3)29(11)25(32)23(27(8,9)10)28-24(31)21-14-13-19(6)16-30(21)18(4)5/h15,17-19,21-23H,12-14,16H2,1-11H3,(H,28,31)/t19-,21-,22-,23-/m1/s1. The van der Waals surface area contributed by atoms with Crippen LogP contribution in [-0.4, -0.2) is 72.0 Å². The fourth-order valence-corrected chi connectivity index (χ4v) is 4.60. The van der Waals surface area contributed by atoms with Crippen LogP contribution in [0.1, 0.15) is 82.1 Å². The third-order valence-electron chi connectivity index (χ3n) is 6.72. The van der Waals surface area contributed by atoms with Gasteiger partial charge in [-0.3, -0.25) is 14.5 Å². The van der Waals surface area contributed by atoms with Crippen LogP contribution in [0.5, 0.6) is 0 Å². The van der Waals surface area contributed by atoms with Gasteiger partial charge in [-0.2, -0.15) is 0 Å². The maximum absolute atomic E-state index is 13.8. The van der Waals surface area contributed by atoms with Crippen molar-refractivity contribution in [2.45, 2.75) is 106 Å². The second-order valence-electron chi connectivity index (χ2n) is 11.6. The van der Waals surface area contributed by atoms with Crippen molar-refractivity contribution in [2.75, 3.05) is 20.2 Å². The predicted octanol–water partition coefficient (Wildman–Crippen LogP) is 4.02. The quantitative estimate of drug-likeness (QED) is 0.399. The van der Waals surface area contributed by atoms with Crippen LogP contribution in [-0.2, 0) is 19.1 Å². The fraction of sp³-hybridized carbons (Fsp3) is 0.815. The van der Waals surface area contributed by atoms with Crippen LogP contribution in [0.4, 0.5) is 0 Å². The van der Waals surface area contributed by atoms with Gasteiger partial charge in [0.2, 0.25) is 11.8 Å². The van der Waals surface area contributed by atoms with E-state index in [-0.39, 0.29) is 41.8 Å². The third-order valence-corrected chi connectivity index (χ3v) is 6.72. The van der Waals surface area contributed by atoms with E-state index >= 15 is 0 Å². The molecule has 1 heterocycles. The van der Waals surface area contributed by atoms with Crippen LogP contribution >= 0.6 is 0 Å². The molecule has 1 aliphatic heterocycles. The molecule has 0 unspecified atom stereocenters. The van der Waals surface area contributed by atoms with Crippen LogP contribution in [0.3, 0.4) is 0 Å². The lowest BCUT2D eigenvalue weighted by molar-refractivity contribution is -0.142. The molecule has 0 radical (unpaired) electrons. The molecule has 1 aliphatic rings. The molecule has 4 atom stereocenters. The molecule has 0 bridgehead atoms. The monoisotopic (exact) mass is 479 g/mol. The summed E-state index contributed by atoms with van der Waals surface area (Å²) in [5, 5.41) is 3.11. The summed E-state index contributed by atoms with van der Waals surface area (Å²) in [7, 11) is 1.75. The first-order valence-electron chi connectivity index (χ1n) is 12.8. The van der Waals surface area contributed by atoms with E-state index in [1.54, 1.807) is 31.9 Å². The van der Waals surface area contributed by atoms with Crippen molar-refractivity contribution < 1.29 is 19.1 Å². The predicted molar refractivity (Wildman–Crippen MR) is 137 cm³/mol. The summed E-state index contributed by atoms with van der Waals surface area (Å²) >= 11 is 0. The van der Waals surface area contributed by atoms with Crippen molar-refractivity contribution in [1.82, 2.24) is 15.1 Å². The Bertz CT molecular complexity index is 739. The van der Waals surface area contributed by atoms with E-state index in [1.807, 2.05) is 34.6 Å². The number of piperidine rings is 1. The lowest BCUT2D eigenvalue weighted by Gasteiger charge is -2.42. The van der Waals surface area contributed by atoms with Crippen LogP contribution in [0.15, 0.2) is 11.6 Å². The Labute approximate surface area is 207 Å². The average Bonchev–Trinajstić information content (AvgIpc) is 2.73. The minimum Gasteiger partial charge on any atom is -0.463 e. The molecule has 196 valence electrons. The lowest BCUT2D eigenvalue weighted by Crippen LogP contribution is -2.61. The van der Waals surface area contributed by atoms with Gasteiger partial charge < -0.3 is 15.0 Å². The molecule has 0 spiro atoms. The number of hydrogen-bond donors (Lipinski definition) is 1. The van der Waals surface area contributed by atoms with Crippen LogP contribution < -0.4 is 5.32 Å². The molecule has 34 heavy (non-hydrogen) atoms. The highest BCUT2D eigenvalue weighted by Gasteiger charge is 2.40. The number of carbonyl (C=O) groups is 3. The Morgan fingerprint density at radius 1 is 1.15 bits per heavy atom. The van der Waals surface area contributed by atoms with Gasteiger partial charge in [0.15, 0.2) is 0 Å².